The molecule has 0 radical (unpaired) electrons. The third-order valence-corrected chi connectivity index (χ3v) is 4.95. The molecule has 33 heavy (non-hydrogen) atoms. The molecule has 3 rings (SSSR count). The van der Waals surface area contributed by atoms with Crippen LogP contribution in [0.4, 0.5) is 0 Å². The van der Waals surface area contributed by atoms with E-state index in [1.807, 2.05) is 0 Å². The van der Waals surface area contributed by atoms with Crippen molar-refractivity contribution in [3.63, 3.8) is 0 Å². The number of ether oxygens (including phenoxy) is 1. The number of furan rings is 1. The number of benzene rings is 2. The normalized spacial score (nSPS) is 10.7. The quantitative estimate of drug-likeness (QED) is 0.114. The molecule has 0 atom stereocenters. The molecule has 0 fully saturated rings. The number of amidine groups is 1. The monoisotopic (exact) mass is 451 g/mol. The van der Waals surface area contributed by atoms with Crippen LogP contribution in [0.5, 0.6) is 5.75 Å². The molecule has 1 amide bonds. The number of hydrogen-bond acceptors (Lipinski definition) is 6. The summed E-state index contributed by atoms with van der Waals surface area (Å²) < 4.78 is 10.9. The van der Waals surface area contributed by atoms with Crippen LogP contribution in [0, 0.1) is 5.41 Å². The van der Waals surface area contributed by atoms with Gasteiger partial charge in [-0.05, 0) is 53.9 Å². The van der Waals surface area contributed by atoms with E-state index in [0.29, 0.717) is 42.8 Å². The smallest absolute Gasteiger partial charge is 0.379 e. The Kier molecular flexibility index (Phi) is 7.80. The minimum Gasteiger partial charge on any atom is -0.481 e. The molecule has 1 heterocycles. The van der Waals surface area contributed by atoms with Crippen molar-refractivity contribution in [1.82, 2.24) is 5.32 Å². The van der Waals surface area contributed by atoms with Gasteiger partial charge >= 0.3 is 11.9 Å². The van der Waals surface area contributed by atoms with Gasteiger partial charge in [0.05, 0.1) is 6.54 Å². The molecule has 0 aliphatic carbocycles. The van der Waals surface area contributed by atoms with Crippen molar-refractivity contribution in [3.05, 3.63) is 65.6 Å². The number of carboxylic acids is 1. The molecule has 0 aliphatic rings. The number of carbonyl (C=O) groups is 3. The predicted octanol–water partition coefficient (Wildman–Crippen LogP) is 3.59. The number of aliphatic carboxylic acids is 1. The molecule has 172 valence electrons. The van der Waals surface area contributed by atoms with Crippen LogP contribution in [0.2, 0.25) is 0 Å². The molecule has 9 heteroatoms. The fourth-order valence-corrected chi connectivity index (χ4v) is 3.21. The lowest BCUT2D eigenvalue weighted by Crippen LogP contribution is -2.22. The van der Waals surface area contributed by atoms with Crippen molar-refractivity contribution in [1.29, 1.82) is 5.41 Å². The highest BCUT2D eigenvalue weighted by Crippen LogP contribution is 2.23. The molecule has 0 bridgehead atoms. The number of fused-ring (bicyclic) bond motifs is 1. The average molecular weight is 451 g/mol. The number of esters is 1. The topological polar surface area (TPSA) is 156 Å². The van der Waals surface area contributed by atoms with Gasteiger partial charge in [0.25, 0.3) is 0 Å². The van der Waals surface area contributed by atoms with E-state index in [4.69, 9.17) is 25.4 Å². The van der Waals surface area contributed by atoms with E-state index >= 15 is 0 Å². The fourth-order valence-electron chi connectivity index (χ4n) is 3.21. The Morgan fingerprint density at radius 3 is 2.45 bits per heavy atom. The molecule has 2 aromatic carbocycles. The zero-order valence-corrected chi connectivity index (χ0v) is 17.9. The maximum Gasteiger partial charge on any atom is 0.379 e. The van der Waals surface area contributed by atoms with Crippen LogP contribution in [0.1, 0.15) is 54.0 Å². The lowest BCUT2D eigenvalue weighted by molar-refractivity contribution is -0.137. The predicted molar refractivity (Wildman–Crippen MR) is 121 cm³/mol. The van der Waals surface area contributed by atoms with Crippen molar-refractivity contribution in [2.24, 2.45) is 5.73 Å². The third-order valence-electron chi connectivity index (χ3n) is 4.95. The van der Waals surface area contributed by atoms with Gasteiger partial charge in [0.15, 0.2) is 0 Å². The van der Waals surface area contributed by atoms with Crippen molar-refractivity contribution in [2.75, 3.05) is 0 Å². The van der Waals surface area contributed by atoms with E-state index in [0.717, 1.165) is 10.8 Å². The number of hydrogen-bond donors (Lipinski definition) is 4. The van der Waals surface area contributed by atoms with Crippen LogP contribution in [-0.2, 0) is 16.1 Å². The number of carboxylic acid groups (broad SMARTS) is 1. The first-order valence-corrected chi connectivity index (χ1v) is 10.5. The summed E-state index contributed by atoms with van der Waals surface area (Å²) in [5.41, 5.74) is 6.12. The Morgan fingerprint density at radius 1 is 0.970 bits per heavy atom. The number of rotatable bonds is 11. The van der Waals surface area contributed by atoms with E-state index < -0.39 is 11.9 Å². The van der Waals surface area contributed by atoms with Crippen molar-refractivity contribution in [2.45, 2.75) is 38.6 Å². The van der Waals surface area contributed by atoms with Gasteiger partial charge in [0.2, 0.25) is 11.7 Å². The second kappa shape index (κ2) is 10.9. The van der Waals surface area contributed by atoms with Crippen molar-refractivity contribution < 1.29 is 28.6 Å². The molecular weight excluding hydrogens is 426 g/mol. The van der Waals surface area contributed by atoms with Crippen LogP contribution in [0.3, 0.4) is 0 Å². The molecule has 0 saturated carbocycles. The Bertz CT molecular complexity index is 1180. The zero-order chi connectivity index (χ0) is 23.8. The van der Waals surface area contributed by atoms with Gasteiger partial charge in [0.1, 0.15) is 17.3 Å². The van der Waals surface area contributed by atoms with Gasteiger partial charge in [0, 0.05) is 18.4 Å². The molecule has 3 aromatic rings. The number of amides is 1. The molecule has 0 unspecified atom stereocenters. The maximum atomic E-state index is 12.4. The molecular formula is C24H25N3O6. The van der Waals surface area contributed by atoms with Crippen LogP contribution in [0.15, 0.2) is 52.9 Å². The second-order valence-corrected chi connectivity index (χ2v) is 7.52. The minimum absolute atomic E-state index is 0.0138. The number of nitrogens with one attached hydrogen (secondary N) is 2. The van der Waals surface area contributed by atoms with E-state index in [-0.39, 0.29) is 30.5 Å². The summed E-state index contributed by atoms with van der Waals surface area (Å²) in [6.07, 6.45) is 2.22. The SMILES string of the molecule is N=C(N)c1ccc2cc(OC(=O)c3ccc(CNC(=O)CCCCCC(=O)O)o3)ccc2c1. The maximum absolute atomic E-state index is 12.4. The molecule has 0 spiro atoms. The van der Waals surface area contributed by atoms with Crippen molar-refractivity contribution >= 4 is 34.5 Å². The number of nitrogens with two attached hydrogens (primary N) is 1. The van der Waals surface area contributed by atoms with Gasteiger partial charge in [-0.1, -0.05) is 24.6 Å². The Balaban J connectivity index is 1.49. The lowest BCUT2D eigenvalue weighted by atomic mass is 10.1. The lowest BCUT2D eigenvalue weighted by Gasteiger charge is -2.06. The van der Waals surface area contributed by atoms with Gasteiger partial charge < -0.3 is 25.3 Å². The van der Waals surface area contributed by atoms with Crippen LogP contribution in [-0.4, -0.2) is 28.8 Å². The summed E-state index contributed by atoms with van der Waals surface area (Å²) in [5, 5.41) is 20.5. The van der Waals surface area contributed by atoms with Crippen LogP contribution < -0.4 is 15.8 Å². The number of nitrogen functional groups attached to an aromatic ring is 1. The Morgan fingerprint density at radius 2 is 1.70 bits per heavy atom. The molecule has 1 aromatic heterocycles. The molecule has 9 nitrogen and oxygen atoms in total. The van der Waals surface area contributed by atoms with Gasteiger partial charge in [-0.25, -0.2) is 4.79 Å². The first-order chi connectivity index (χ1) is 15.8. The largest absolute Gasteiger partial charge is 0.481 e. The summed E-state index contributed by atoms with van der Waals surface area (Å²) in [7, 11) is 0. The zero-order valence-electron chi connectivity index (χ0n) is 17.9. The highest BCUT2D eigenvalue weighted by Gasteiger charge is 2.15. The average Bonchev–Trinajstić information content (AvgIpc) is 3.26. The highest BCUT2D eigenvalue weighted by molar-refractivity contribution is 5.99. The minimum atomic E-state index is -0.838. The van der Waals surface area contributed by atoms with E-state index in [1.54, 1.807) is 42.5 Å². The van der Waals surface area contributed by atoms with Crippen LogP contribution >= 0.6 is 0 Å². The van der Waals surface area contributed by atoms with Crippen LogP contribution in [0.25, 0.3) is 10.8 Å². The fraction of sp³-hybridized carbons (Fsp3) is 0.250. The Hall–Kier alpha value is -4.14. The summed E-state index contributed by atoms with van der Waals surface area (Å²) >= 11 is 0. The first kappa shape index (κ1) is 23.5. The summed E-state index contributed by atoms with van der Waals surface area (Å²) in [6, 6.07) is 13.5. The van der Waals surface area contributed by atoms with Gasteiger partial charge in [-0.15, -0.1) is 0 Å². The second-order valence-electron chi connectivity index (χ2n) is 7.52. The summed E-state index contributed by atoms with van der Waals surface area (Å²) in [6.45, 7) is 0.135. The number of unbranched alkanes of at least 4 members (excludes halogenated alkanes) is 2. The highest BCUT2D eigenvalue weighted by atomic mass is 16.5. The third kappa shape index (κ3) is 6.93. The molecule has 5 N–H and O–H groups in total. The van der Waals surface area contributed by atoms with E-state index in [2.05, 4.69) is 5.32 Å². The van der Waals surface area contributed by atoms with E-state index in [1.165, 1.54) is 6.07 Å². The van der Waals surface area contributed by atoms with Gasteiger partial charge in [-0.2, -0.15) is 0 Å². The summed E-state index contributed by atoms with van der Waals surface area (Å²) in [4.78, 5) is 34.7. The standard InChI is InChI=1S/C24H25N3O6/c25-23(26)17-7-6-16-13-18(9-8-15(16)12-17)33-24(31)20-11-10-19(32-20)14-27-21(28)4-2-1-3-5-22(29)30/h6-13H,1-5,14H2,(H3,25,26)(H,27,28)(H,29,30). The first-order valence-electron chi connectivity index (χ1n) is 10.5. The number of carbonyl (C=O) groups excluding carboxylic acids is 2. The molecule has 0 aliphatic heterocycles. The summed E-state index contributed by atoms with van der Waals surface area (Å²) in [5.74, 6) is -0.919. The molecule has 0 saturated heterocycles. The Labute approximate surface area is 190 Å². The van der Waals surface area contributed by atoms with E-state index in [9.17, 15) is 14.4 Å². The van der Waals surface area contributed by atoms with Crippen molar-refractivity contribution in [3.8, 4) is 5.75 Å². The van der Waals surface area contributed by atoms with Gasteiger partial charge in [-0.3, -0.25) is 15.0 Å².